The number of carbonyl (C=O) groups excluding carboxylic acids is 1. The van der Waals surface area contributed by atoms with Gasteiger partial charge in [-0.3, -0.25) is 0 Å². The zero-order chi connectivity index (χ0) is 25.4. The number of ether oxygens (including phenoxy) is 1. The molecular weight excluding hydrogens is 446 g/mol. The Morgan fingerprint density at radius 2 is 1.72 bits per heavy atom. The molecule has 0 fully saturated rings. The van der Waals surface area contributed by atoms with Crippen molar-refractivity contribution in [2.75, 3.05) is 20.6 Å². The first kappa shape index (κ1) is 22.9. The van der Waals surface area contributed by atoms with Crippen molar-refractivity contribution in [2.24, 2.45) is 0 Å². The molecule has 1 aliphatic rings. The zero-order valence-corrected chi connectivity index (χ0v) is 21.9. The minimum atomic E-state index is -0.593. The van der Waals surface area contributed by atoms with Gasteiger partial charge in [0.25, 0.3) is 0 Å². The van der Waals surface area contributed by atoms with Crippen molar-refractivity contribution >= 4 is 49.7 Å². The fourth-order valence-corrected chi connectivity index (χ4v) is 5.92. The number of para-hydroxylation sites is 2. The molecule has 184 valence electrons. The molecule has 0 amide bonds. The molecular formula is C31H33N3O2. The van der Waals surface area contributed by atoms with Gasteiger partial charge in [-0.25, -0.2) is 9.36 Å². The fourth-order valence-electron chi connectivity index (χ4n) is 5.92. The molecule has 36 heavy (non-hydrogen) atoms. The molecule has 0 saturated carbocycles. The summed E-state index contributed by atoms with van der Waals surface area (Å²) >= 11 is 0. The topological polar surface area (TPSA) is 50.3 Å². The van der Waals surface area contributed by atoms with Gasteiger partial charge in [-0.05, 0) is 71.5 Å². The molecule has 1 unspecified atom stereocenters. The number of hydrogen-bond acceptors (Lipinski definition) is 3. The van der Waals surface area contributed by atoms with Crippen LogP contribution in [0.25, 0.3) is 43.6 Å². The van der Waals surface area contributed by atoms with Crippen molar-refractivity contribution in [3.8, 4) is 0 Å². The third-order valence-corrected chi connectivity index (χ3v) is 7.24. The molecule has 0 radical (unpaired) electrons. The van der Waals surface area contributed by atoms with Crippen LogP contribution in [0, 0.1) is 6.92 Å². The number of aromatic amines is 1. The minimum Gasteiger partial charge on any atom is -0.443 e. The van der Waals surface area contributed by atoms with Gasteiger partial charge in [-0.1, -0.05) is 48.0 Å². The predicted octanol–water partition coefficient (Wildman–Crippen LogP) is 7.50. The molecule has 1 aliphatic carbocycles. The molecule has 5 heteroatoms. The van der Waals surface area contributed by atoms with E-state index in [0.29, 0.717) is 0 Å². The van der Waals surface area contributed by atoms with Crippen LogP contribution in [0.2, 0.25) is 0 Å². The number of nitrogens with zero attached hydrogens (tertiary/aromatic N) is 2. The Kier molecular flexibility index (Phi) is 5.06. The Morgan fingerprint density at radius 1 is 1.06 bits per heavy atom. The van der Waals surface area contributed by atoms with Crippen molar-refractivity contribution in [1.82, 2.24) is 14.5 Å². The van der Waals surface area contributed by atoms with Gasteiger partial charge in [0.1, 0.15) is 5.60 Å². The summed E-state index contributed by atoms with van der Waals surface area (Å²) in [6.07, 6.45) is 3.05. The maximum absolute atomic E-state index is 13.8. The van der Waals surface area contributed by atoms with E-state index < -0.39 is 5.60 Å². The summed E-state index contributed by atoms with van der Waals surface area (Å²) in [5.41, 5.74) is 7.36. The largest absolute Gasteiger partial charge is 0.443 e. The summed E-state index contributed by atoms with van der Waals surface area (Å²) in [5.74, 6) is 0.232. The first-order valence-corrected chi connectivity index (χ1v) is 12.7. The van der Waals surface area contributed by atoms with Crippen LogP contribution >= 0.6 is 0 Å². The second kappa shape index (κ2) is 7.97. The second-order valence-electron chi connectivity index (χ2n) is 11.4. The summed E-state index contributed by atoms with van der Waals surface area (Å²) in [6, 6.07) is 16.7. The molecule has 0 saturated heterocycles. The first-order chi connectivity index (χ1) is 17.1. The van der Waals surface area contributed by atoms with Gasteiger partial charge >= 0.3 is 6.09 Å². The molecule has 2 aromatic heterocycles. The van der Waals surface area contributed by atoms with Gasteiger partial charge in [0.05, 0.1) is 16.6 Å². The highest BCUT2D eigenvalue weighted by Crippen LogP contribution is 2.48. The van der Waals surface area contributed by atoms with E-state index in [1.165, 1.54) is 21.9 Å². The quantitative estimate of drug-likeness (QED) is 0.273. The maximum atomic E-state index is 13.8. The van der Waals surface area contributed by atoms with Crippen LogP contribution in [-0.4, -0.2) is 46.8 Å². The molecule has 5 nitrogen and oxygen atoms in total. The summed E-state index contributed by atoms with van der Waals surface area (Å²) in [4.78, 5) is 19.7. The van der Waals surface area contributed by atoms with Crippen LogP contribution in [0.5, 0.6) is 0 Å². The summed E-state index contributed by atoms with van der Waals surface area (Å²) < 4.78 is 7.80. The monoisotopic (exact) mass is 479 g/mol. The van der Waals surface area contributed by atoms with Crippen LogP contribution in [0.15, 0.2) is 60.2 Å². The Balaban J connectivity index is 1.78. The van der Waals surface area contributed by atoms with Crippen LogP contribution in [0.3, 0.4) is 0 Å². The standard InChI is InChI=1S/C31H33N3O2/c1-18-25-22-12-8-10-14-24(22)34(30(35)36-31(2,3)4)29(25)26(20-15-19(16-20)17-33(5)6)27-21-11-7-9-13-23(21)32-28(18)27/h7-15,20,32H,16-17H2,1-6H3. The van der Waals surface area contributed by atoms with Crippen LogP contribution in [-0.2, 0) is 4.74 Å². The maximum Gasteiger partial charge on any atom is 0.419 e. The molecule has 6 rings (SSSR count). The lowest BCUT2D eigenvalue weighted by molar-refractivity contribution is 0.0551. The molecule has 5 aromatic rings. The number of fused-ring (bicyclic) bond motifs is 6. The van der Waals surface area contributed by atoms with Gasteiger partial charge in [0.2, 0.25) is 0 Å². The second-order valence-corrected chi connectivity index (χ2v) is 11.4. The molecule has 3 aromatic carbocycles. The normalized spacial score (nSPS) is 16.3. The average Bonchev–Trinajstić information content (AvgIpc) is 3.33. The third-order valence-electron chi connectivity index (χ3n) is 7.24. The Hall–Kier alpha value is -3.57. The number of allylic oxidation sites excluding steroid dienone is 1. The number of carbonyl (C=O) groups is 1. The molecule has 0 bridgehead atoms. The number of rotatable bonds is 3. The Morgan fingerprint density at radius 3 is 2.42 bits per heavy atom. The van der Waals surface area contributed by atoms with E-state index in [2.05, 4.69) is 67.3 Å². The van der Waals surface area contributed by atoms with Gasteiger partial charge in [0, 0.05) is 39.5 Å². The Bertz CT molecular complexity index is 1710. The lowest BCUT2D eigenvalue weighted by Gasteiger charge is -2.30. The number of nitrogens with one attached hydrogen (secondary N) is 1. The van der Waals surface area contributed by atoms with E-state index >= 15 is 0 Å². The number of aromatic nitrogens is 2. The molecule has 1 N–H and O–H groups in total. The predicted molar refractivity (Wildman–Crippen MR) is 149 cm³/mol. The van der Waals surface area contributed by atoms with Crippen molar-refractivity contribution < 1.29 is 9.53 Å². The first-order valence-electron chi connectivity index (χ1n) is 12.7. The lowest BCUT2D eigenvalue weighted by atomic mass is 9.78. The van der Waals surface area contributed by atoms with Gasteiger partial charge in [-0.15, -0.1) is 0 Å². The fraction of sp³-hybridized carbons (Fsp3) is 0.323. The van der Waals surface area contributed by atoms with Crippen molar-refractivity contribution in [2.45, 2.75) is 45.6 Å². The van der Waals surface area contributed by atoms with Gasteiger partial charge in [-0.2, -0.15) is 0 Å². The van der Waals surface area contributed by atoms with Crippen LogP contribution in [0.4, 0.5) is 4.79 Å². The molecule has 2 heterocycles. The average molecular weight is 480 g/mol. The van der Waals surface area contributed by atoms with Crippen LogP contribution in [0.1, 0.15) is 44.2 Å². The van der Waals surface area contributed by atoms with E-state index in [-0.39, 0.29) is 12.0 Å². The highest BCUT2D eigenvalue weighted by molar-refractivity contribution is 6.24. The summed E-state index contributed by atoms with van der Waals surface area (Å²) in [7, 11) is 4.22. The van der Waals surface area contributed by atoms with E-state index in [1.54, 1.807) is 0 Å². The summed E-state index contributed by atoms with van der Waals surface area (Å²) in [6.45, 7) is 8.89. The SMILES string of the molecule is Cc1c2[nH]c3ccccc3c2c(C2C=C(CN(C)C)C2)c2c1c1ccccc1n2C(=O)OC(C)(C)C. The molecule has 0 spiro atoms. The van der Waals surface area contributed by atoms with E-state index in [0.717, 1.165) is 51.4 Å². The smallest absolute Gasteiger partial charge is 0.419 e. The lowest BCUT2D eigenvalue weighted by Crippen LogP contribution is -2.27. The highest BCUT2D eigenvalue weighted by Gasteiger charge is 2.32. The number of H-pyrrole nitrogens is 1. The van der Waals surface area contributed by atoms with Crippen molar-refractivity contribution in [3.05, 3.63) is 71.3 Å². The van der Waals surface area contributed by atoms with E-state index in [9.17, 15) is 4.79 Å². The number of benzene rings is 3. The molecule has 1 atom stereocenters. The Labute approximate surface area is 211 Å². The molecule has 0 aliphatic heterocycles. The van der Waals surface area contributed by atoms with Crippen molar-refractivity contribution in [1.29, 1.82) is 0 Å². The number of hydrogen-bond donors (Lipinski definition) is 1. The summed E-state index contributed by atoms with van der Waals surface area (Å²) in [5, 5.41) is 4.62. The zero-order valence-electron chi connectivity index (χ0n) is 21.9. The number of aryl methyl sites for hydroxylation is 1. The minimum absolute atomic E-state index is 0.232. The van der Waals surface area contributed by atoms with E-state index in [4.69, 9.17) is 4.74 Å². The third kappa shape index (κ3) is 3.45. The van der Waals surface area contributed by atoms with Crippen LogP contribution < -0.4 is 0 Å². The highest BCUT2D eigenvalue weighted by atomic mass is 16.6. The number of likely N-dealkylation sites (N-methyl/N-ethyl adjacent to an activating group) is 1. The van der Waals surface area contributed by atoms with Gasteiger partial charge in [0.15, 0.2) is 0 Å². The van der Waals surface area contributed by atoms with E-state index in [1.807, 2.05) is 43.5 Å². The van der Waals surface area contributed by atoms with Gasteiger partial charge < -0.3 is 14.6 Å². The van der Waals surface area contributed by atoms with Crippen molar-refractivity contribution in [3.63, 3.8) is 0 Å².